The molecule has 0 fully saturated rings. The van der Waals surface area contributed by atoms with Gasteiger partial charge in [0, 0.05) is 19.5 Å². The lowest BCUT2D eigenvalue weighted by Crippen LogP contribution is -2.54. The Labute approximate surface area is 260 Å². The van der Waals surface area contributed by atoms with Gasteiger partial charge in [-0.25, -0.2) is 4.79 Å². The van der Waals surface area contributed by atoms with E-state index in [1.165, 1.54) is 29.2 Å². The van der Waals surface area contributed by atoms with Crippen molar-refractivity contribution < 1.29 is 29.3 Å². The average Bonchev–Trinajstić information content (AvgIpc) is 2.98. The molecule has 2 unspecified atom stereocenters. The number of benzene rings is 3. The molecule has 3 aromatic rings. The highest BCUT2D eigenvalue weighted by Gasteiger charge is 2.36. The first-order chi connectivity index (χ1) is 21.0. The molecule has 0 saturated carbocycles. The number of hydrogen-bond acceptors (Lipinski definition) is 6. The monoisotopic (exact) mass is 603 g/mol. The predicted molar refractivity (Wildman–Crippen MR) is 170 cm³/mol. The number of amides is 3. The zero-order valence-electron chi connectivity index (χ0n) is 26.1. The van der Waals surface area contributed by atoms with Gasteiger partial charge >= 0.3 is 6.09 Å². The summed E-state index contributed by atoms with van der Waals surface area (Å²) in [6.07, 6.45) is 2.83. The molecule has 0 spiro atoms. The van der Waals surface area contributed by atoms with Crippen LogP contribution in [0, 0.1) is 0 Å². The summed E-state index contributed by atoms with van der Waals surface area (Å²) in [5.41, 5.74) is 1.35. The van der Waals surface area contributed by atoms with E-state index in [0.29, 0.717) is 17.5 Å². The number of rotatable bonds is 14. The molecule has 0 heterocycles. The fourth-order valence-corrected chi connectivity index (χ4v) is 4.80. The zero-order chi connectivity index (χ0) is 32.1. The quantitative estimate of drug-likeness (QED) is 0.167. The molecule has 0 aliphatic heterocycles. The average molecular weight is 604 g/mol. The third-order valence-electron chi connectivity index (χ3n) is 6.98. The van der Waals surface area contributed by atoms with Crippen LogP contribution in [0.5, 0.6) is 11.5 Å². The van der Waals surface area contributed by atoms with Gasteiger partial charge < -0.3 is 30.5 Å². The van der Waals surface area contributed by atoms with E-state index in [9.17, 15) is 24.6 Å². The van der Waals surface area contributed by atoms with Crippen LogP contribution in [-0.2, 0) is 27.3 Å². The van der Waals surface area contributed by atoms with Crippen LogP contribution in [-0.4, -0.2) is 51.2 Å². The highest BCUT2D eigenvalue weighted by molar-refractivity contribution is 5.92. The van der Waals surface area contributed by atoms with Gasteiger partial charge in [-0.3, -0.25) is 9.59 Å². The Balaban J connectivity index is 2.02. The first-order valence-electron chi connectivity index (χ1n) is 15.2. The van der Waals surface area contributed by atoms with Gasteiger partial charge in [-0.15, -0.1) is 0 Å². The lowest BCUT2D eigenvalue weighted by molar-refractivity contribution is -0.142. The van der Waals surface area contributed by atoms with Crippen LogP contribution in [0.4, 0.5) is 4.79 Å². The number of carbonyl (C=O) groups excluding carboxylic acids is 3. The standard InChI is InChI=1S/C35H45N3O6/c1-5-6-7-11-22-38(31(27-16-20-29(40)21-17-27)32(41)36-24-26-12-9-8-10-13-26)33(42)30(37-34(43)44-35(2,3)4)23-25-14-18-28(39)19-15-25/h8-10,12-21,30-31,39-40H,5-7,11,22-24H2,1-4H3,(H,36,41)(H,37,43). The number of aromatic hydroxyl groups is 2. The van der Waals surface area contributed by atoms with Crippen molar-refractivity contribution in [3.05, 3.63) is 95.6 Å². The smallest absolute Gasteiger partial charge is 0.408 e. The molecule has 0 aromatic heterocycles. The van der Waals surface area contributed by atoms with E-state index in [2.05, 4.69) is 17.6 Å². The fourth-order valence-electron chi connectivity index (χ4n) is 4.80. The predicted octanol–water partition coefficient (Wildman–Crippen LogP) is 6.00. The van der Waals surface area contributed by atoms with E-state index in [1.54, 1.807) is 45.0 Å². The topological polar surface area (TPSA) is 128 Å². The summed E-state index contributed by atoms with van der Waals surface area (Å²) < 4.78 is 5.49. The van der Waals surface area contributed by atoms with Crippen LogP contribution >= 0.6 is 0 Å². The molecule has 0 aliphatic carbocycles. The van der Waals surface area contributed by atoms with Crippen LogP contribution in [0.3, 0.4) is 0 Å². The number of phenolic OH excluding ortho intramolecular Hbond substituents is 2. The van der Waals surface area contributed by atoms with Crippen molar-refractivity contribution in [1.82, 2.24) is 15.5 Å². The van der Waals surface area contributed by atoms with Crippen LogP contribution in [0.1, 0.15) is 76.1 Å². The van der Waals surface area contributed by atoms with E-state index < -0.39 is 29.7 Å². The molecule has 3 rings (SSSR count). The fraction of sp³-hybridized carbons (Fsp3) is 0.400. The Hall–Kier alpha value is -4.53. The molecule has 236 valence electrons. The Kier molecular flexibility index (Phi) is 12.6. The molecule has 0 saturated heterocycles. The maximum Gasteiger partial charge on any atom is 0.408 e. The maximum absolute atomic E-state index is 14.5. The summed E-state index contributed by atoms with van der Waals surface area (Å²) in [7, 11) is 0. The Bertz CT molecular complexity index is 1340. The molecule has 2 atom stereocenters. The molecule has 0 radical (unpaired) electrons. The summed E-state index contributed by atoms with van der Waals surface area (Å²) in [5, 5.41) is 25.5. The van der Waals surface area contributed by atoms with Crippen LogP contribution < -0.4 is 10.6 Å². The third-order valence-corrected chi connectivity index (χ3v) is 6.98. The van der Waals surface area contributed by atoms with Crippen LogP contribution in [0.25, 0.3) is 0 Å². The number of ether oxygens (including phenoxy) is 1. The summed E-state index contributed by atoms with van der Waals surface area (Å²) in [6, 6.07) is 20.0. The van der Waals surface area contributed by atoms with Gasteiger partial charge in [0.1, 0.15) is 29.2 Å². The molecular weight excluding hydrogens is 558 g/mol. The first kappa shape index (κ1) is 34.0. The minimum absolute atomic E-state index is 0.0369. The lowest BCUT2D eigenvalue weighted by atomic mass is 9.99. The van der Waals surface area contributed by atoms with Gasteiger partial charge in [-0.2, -0.15) is 0 Å². The van der Waals surface area contributed by atoms with Crippen molar-refractivity contribution in [2.45, 2.75) is 84.0 Å². The second kappa shape index (κ2) is 16.4. The van der Waals surface area contributed by atoms with Gasteiger partial charge in [0.05, 0.1) is 0 Å². The van der Waals surface area contributed by atoms with Gasteiger partial charge in [-0.05, 0) is 68.1 Å². The first-order valence-corrected chi connectivity index (χ1v) is 15.2. The number of nitrogens with zero attached hydrogens (tertiary/aromatic N) is 1. The molecule has 44 heavy (non-hydrogen) atoms. The van der Waals surface area contributed by atoms with Crippen molar-refractivity contribution in [2.24, 2.45) is 0 Å². The summed E-state index contributed by atoms with van der Waals surface area (Å²) in [4.78, 5) is 43.0. The van der Waals surface area contributed by atoms with Crippen LogP contribution in [0.15, 0.2) is 78.9 Å². The molecule has 4 N–H and O–H groups in total. The SMILES string of the molecule is CCCCCCN(C(=O)C(Cc1ccc(O)cc1)NC(=O)OC(C)(C)C)C(C(=O)NCc1ccccc1)c1ccc(O)cc1. The second-order valence-electron chi connectivity index (χ2n) is 11.9. The zero-order valence-corrected chi connectivity index (χ0v) is 26.1. The molecule has 9 nitrogen and oxygen atoms in total. The third kappa shape index (κ3) is 10.9. The Morgan fingerprint density at radius 1 is 0.818 bits per heavy atom. The van der Waals surface area contributed by atoms with Gasteiger partial charge in [0.25, 0.3) is 0 Å². The number of alkyl carbamates (subject to hydrolysis) is 1. The van der Waals surface area contributed by atoms with Gasteiger partial charge in [0.15, 0.2) is 0 Å². The van der Waals surface area contributed by atoms with Gasteiger partial charge in [0.2, 0.25) is 11.8 Å². The highest BCUT2D eigenvalue weighted by atomic mass is 16.6. The lowest BCUT2D eigenvalue weighted by Gasteiger charge is -2.34. The van der Waals surface area contributed by atoms with Crippen molar-refractivity contribution in [3.8, 4) is 11.5 Å². The molecule has 0 bridgehead atoms. The van der Waals surface area contributed by atoms with E-state index in [0.717, 1.165) is 24.8 Å². The Morgan fingerprint density at radius 2 is 1.43 bits per heavy atom. The molecular formula is C35H45N3O6. The van der Waals surface area contributed by atoms with E-state index in [-0.39, 0.29) is 36.9 Å². The minimum atomic E-state index is -1.07. The minimum Gasteiger partial charge on any atom is -0.508 e. The maximum atomic E-state index is 14.5. The second-order valence-corrected chi connectivity index (χ2v) is 11.9. The molecule has 3 aromatic carbocycles. The normalized spacial score (nSPS) is 12.5. The summed E-state index contributed by atoms with van der Waals surface area (Å²) in [6.45, 7) is 7.84. The van der Waals surface area contributed by atoms with E-state index in [1.807, 2.05) is 30.3 Å². The van der Waals surface area contributed by atoms with Crippen molar-refractivity contribution in [3.63, 3.8) is 0 Å². The van der Waals surface area contributed by atoms with Gasteiger partial charge in [-0.1, -0.05) is 80.8 Å². The number of phenols is 2. The van der Waals surface area contributed by atoms with Crippen molar-refractivity contribution in [1.29, 1.82) is 0 Å². The largest absolute Gasteiger partial charge is 0.508 e. The summed E-state index contributed by atoms with van der Waals surface area (Å²) in [5.74, 6) is -0.719. The number of hydrogen-bond donors (Lipinski definition) is 4. The molecule has 3 amide bonds. The summed E-state index contributed by atoms with van der Waals surface area (Å²) >= 11 is 0. The van der Waals surface area contributed by atoms with E-state index in [4.69, 9.17) is 4.74 Å². The Morgan fingerprint density at radius 3 is 2.02 bits per heavy atom. The number of nitrogens with one attached hydrogen (secondary N) is 2. The molecule has 9 heteroatoms. The van der Waals surface area contributed by atoms with E-state index >= 15 is 0 Å². The highest BCUT2D eigenvalue weighted by Crippen LogP contribution is 2.26. The van der Waals surface area contributed by atoms with Crippen molar-refractivity contribution >= 4 is 17.9 Å². The van der Waals surface area contributed by atoms with Crippen molar-refractivity contribution in [2.75, 3.05) is 6.54 Å². The number of unbranched alkanes of at least 4 members (excludes halogenated alkanes) is 3. The van der Waals surface area contributed by atoms with Crippen LogP contribution in [0.2, 0.25) is 0 Å². The molecule has 0 aliphatic rings. The number of carbonyl (C=O) groups is 3.